The van der Waals surface area contributed by atoms with Crippen molar-refractivity contribution >= 4 is 15.9 Å². The molecular weight excluding hydrogens is 283 g/mol. The Morgan fingerprint density at radius 1 is 1.41 bits per heavy atom. The van der Waals surface area contributed by atoms with Gasteiger partial charge in [0.15, 0.2) is 0 Å². The quantitative estimate of drug-likeness (QED) is 0.788. The van der Waals surface area contributed by atoms with Crippen molar-refractivity contribution in [1.82, 2.24) is 9.78 Å². The second kappa shape index (κ2) is 5.00. The van der Waals surface area contributed by atoms with Crippen LogP contribution in [0.3, 0.4) is 0 Å². The first-order chi connectivity index (χ1) is 8.17. The number of hydrogen-bond acceptors (Lipinski definition) is 1. The largest absolute Gasteiger partial charge is 0.237 e. The van der Waals surface area contributed by atoms with Crippen LogP contribution in [-0.2, 0) is 11.8 Å². The molecule has 0 atom stereocenters. The van der Waals surface area contributed by atoms with E-state index < -0.39 is 0 Å². The zero-order valence-corrected chi connectivity index (χ0v) is 11.5. The van der Waals surface area contributed by atoms with Gasteiger partial charge in [0, 0.05) is 16.6 Å². The lowest BCUT2D eigenvalue weighted by Crippen LogP contribution is -2.04. The minimum atomic E-state index is -0.211. The minimum absolute atomic E-state index is 0.211. The Labute approximate surface area is 109 Å². The average molecular weight is 297 g/mol. The normalized spacial score (nSPS) is 10.8. The van der Waals surface area contributed by atoms with E-state index in [2.05, 4.69) is 28.0 Å². The average Bonchev–Trinajstić information content (AvgIpc) is 2.71. The molecule has 0 radical (unpaired) electrons. The number of halogens is 2. The van der Waals surface area contributed by atoms with Crippen molar-refractivity contribution in [3.8, 4) is 5.69 Å². The maximum atomic E-state index is 13.1. The molecule has 0 spiro atoms. The van der Waals surface area contributed by atoms with Gasteiger partial charge in [0.05, 0.1) is 11.9 Å². The molecule has 1 aromatic heterocycles. The Morgan fingerprint density at radius 2 is 2.18 bits per heavy atom. The van der Waals surface area contributed by atoms with Crippen LogP contribution in [0.2, 0.25) is 0 Å². The van der Waals surface area contributed by atoms with Crippen molar-refractivity contribution in [3.05, 3.63) is 47.0 Å². The van der Waals surface area contributed by atoms with Crippen molar-refractivity contribution in [1.29, 1.82) is 0 Å². The lowest BCUT2D eigenvalue weighted by atomic mass is 10.1. The number of alkyl halides is 1. The van der Waals surface area contributed by atoms with E-state index in [0.717, 1.165) is 28.7 Å². The number of benzene rings is 1. The number of nitrogens with zero attached hydrogens (tertiary/aromatic N) is 2. The fourth-order valence-electron chi connectivity index (χ4n) is 1.96. The zero-order valence-electron chi connectivity index (χ0n) is 9.87. The standard InChI is InChI=1S/C13H14BrFN2/c1-3-12-10(7-14)8-16-17(12)13-5-4-11(15)6-9(13)2/h4-6,8H,3,7H2,1-2H3. The molecule has 4 heteroatoms. The molecule has 0 saturated heterocycles. The molecule has 0 aliphatic rings. The third kappa shape index (κ3) is 2.27. The topological polar surface area (TPSA) is 17.8 Å². The molecule has 1 aromatic carbocycles. The lowest BCUT2D eigenvalue weighted by Gasteiger charge is -2.10. The minimum Gasteiger partial charge on any atom is -0.237 e. The number of aryl methyl sites for hydroxylation is 1. The molecule has 0 saturated carbocycles. The molecule has 2 nitrogen and oxygen atoms in total. The molecule has 0 unspecified atom stereocenters. The van der Waals surface area contributed by atoms with Gasteiger partial charge in [-0.25, -0.2) is 9.07 Å². The fourth-order valence-corrected chi connectivity index (χ4v) is 2.43. The Morgan fingerprint density at radius 3 is 2.76 bits per heavy atom. The van der Waals surface area contributed by atoms with E-state index in [1.807, 2.05) is 17.8 Å². The molecule has 0 amide bonds. The van der Waals surface area contributed by atoms with Crippen LogP contribution in [-0.4, -0.2) is 9.78 Å². The summed E-state index contributed by atoms with van der Waals surface area (Å²) in [5, 5.41) is 5.17. The van der Waals surface area contributed by atoms with Crippen molar-refractivity contribution in [3.63, 3.8) is 0 Å². The maximum absolute atomic E-state index is 13.1. The highest BCUT2D eigenvalue weighted by Crippen LogP contribution is 2.21. The summed E-state index contributed by atoms with van der Waals surface area (Å²) in [6.45, 7) is 3.99. The number of hydrogen-bond donors (Lipinski definition) is 0. The summed E-state index contributed by atoms with van der Waals surface area (Å²) in [5.74, 6) is -0.211. The smallest absolute Gasteiger partial charge is 0.123 e. The molecule has 0 aliphatic heterocycles. The van der Waals surface area contributed by atoms with Crippen LogP contribution in [0.5, 0.6) is 0 Å². The summed E-state index contributed by atoms with van der Waals surface area (Å²) >= 11 is 3.45. The second-order valence-electron chi connectivity index (χ2n) is 3.95. The van der Waals surface area contributed by atoms with Gasteiger partial charge in [-0.3, -0.25) is 0 Å². The SMILES string of the molecule is CCc1c(CBr)cnn1-c1ccc(F)cc1C. The molecule has 2 rings (SSSR count). The molecule has 1 heterocycles. The fraction of sp³-hybridized carbons (Fsp3) is 0.308. The van der Waals surface area contributed by atoms with E-state index in [0.29, 0.717) is 0 Å². The Bertz CT molecular complexity index is 534. The molecular formula is C13H14BrFN2. The highest BCUT2D eigenvalue weighted by molar-refractivity contribution is 9.08. The highest BCUT2D eigenvalue weighted by atomic mass is 79.9. The molecule has 17 heavy (non-hydrogen) atoms. The summed E-state index contributed by atoms with van der Waals surface area (Å²) in [6, 6.07) is 4.77. The van der Waals surface area contributed by atoms with Gasteiger partial charge >= 0.3 is 0 Å². The first-order valence-electron chi connectivity index (χ1n) is 5.55. The van der Waals surface area contributed by atoms with E-state index >= 15 is 0 Å². The molecule has 0 aliphatic carbocycles. The van der Waals surface area contributed by atoms with Crippen LogP contribution in [0.25, 0.3) is 5.69 Å². The van der Waals surface area contributed by atoms with Gasteiger partial charge in [0.2, 0.25) is 0 Å². The first-order valence-corrected chi connectivity index (χ1v) is 6.67. The van der Waals surface area contributed by atoms with Crippen LogP contribution < -0.4 is 0 Å². The van der Waals surface area contributed by atoms with Gasteiger partial charge < -0.3 is 0 Å². The van der Waals surface area contributed by atoms with Crippen LogP contribution in [0.15, 0.2) is 24.4 Å². The predicted molar refractivity (Wildman–Crippen MR) is 70.3 cm³/mol. The maximum Gasteiger partial charge on any atom is 0.123 e. The number of aromatic nitrogens is 2. The van der Waals surface area contributed by atoms with Crippen molar-refractivity contribution in [2.24, 2.45) is 0 Å². The van der Waals surface area contributed by atoms with Crippen molar-refractivity contribution in [2.45, 2.75) is 25.6 Å². The Kier molecular flexibility index (Phi) is 3.62. The molecule has 0 fully saturated rings. The molecule has 0 bridgehead atoms. The molecule has 0 N–H and O–H groups in total. The Hall–Kier alpha value is -1.16. The van der Waals surface area contributed by atoms with Gasteiger partial charge in [-0.2, -0.15) is 5.10 Å². The Balaban J connectivity index is 2.56. The molecule has 90 valence electrons. The van der Waals surface area contributed by atoms with Gasteiger partial charge in [-0.05, 0) is 37.1 Å². The monoisotopic (exact) mass is 296 g/mol. The van der Waals surface area contributed by atoms with Gasteiger partial charge in [0.1, 0.15) is 5.82 Å². The van der Waals surface area contributed by atoms with E-state index in [-0.39, 0.29) is 5.82 Å². The van der Waals surface area contributed by atoms with Crippen LogP contribution >= 0.6 is 15.9 Å². The summed E-state index contributed by atoms with van der Waals surface area (Å²) in [5.41, 5.74) is 4.17. The van der Waals surface area contributed by atoms with Gasteiger partial charge in [-0.1, -0.05) is 22.9 Å². The van der Waals surface area contributed by atoms with Gasteiger partial charge in [0.25, 0.3) is 0 Å². The molecule has 2 aromatic rings. The van der Waals surface area contributed by atoms with Crippen molar-refractivity contribution in [2.75, 3.05) is 0 Å². The summed E-state index contributed by atoms with van der Waals surface area (Å²) in [6.07, 6.45) is 2.76. The lowest BCUT2D eigenvalue weighted by molar-refractivity contribution is 0.625. The third-order valence-electron chi connectivity index (χ3n) is 2.82. The van der Waals surface area contributed by atoms with E-state index in [4.69, 9.17) is 0 Å². The zero-order chi connectivity index (χ0) is 12.4. The highest BCUT2D eigenvalue weighted by Gasteiger charge is 2.11. The number of rotatable bonds is 3. The summed E-state index contributed by atoms with van der Waals surface area (Å²) in [7, 11) is 0. The second-order valence-corrected chi connectivity index (χ2v) is 4.51. The predicted octanol–water partition coefficient (Wildman–Crippen LogP) is 3.78. The van der Waals surface area contributed by atoms with E-state index in [1.165, 1.54) is 17.7 Å². The first kappa shape index (κ1) is 12.3. The van der Waals surface area contributed by atoms with Crippen molar-refractivity contribution < 1.29 is 4.39 Å². The van der Waals surface area contributed by atoms with Crippen LogP contribution in [0, 0.1) is 12.7 Å². The van der Waals surface area contributed by atoms with E-state index in [9.17, 15) is 4.39 Å². The van der Waals surface area contributed by atoms with Crippen LogP contribution in [0.4, 0.5) is 4.39 Å². The third-order valence-corrected chi connectivity index (χ3v) is 3.43. The van der Waals surface area contributed by atoms with Gasteiger partial charge in [-0.15, -0.1) is 0 Å². The van der Waals surface area contributed by atoms with Crippen LogP contribution in [0.1, 0.15) is 23.7 Å². The van der Waals surface area contributed by atoms with E-state index in [1.54, 1.807) is 6.07 Å². The summed E-state index contributed by atoms with van der Waals surface area (Å²) in [4.78, 5) is 0. The summed E-state index contributed by atoms with van der Waals surface area (Å²) < 4.78 is 15.0.